The average Bonchev–Trinajstić information content (AvgIpc) is 2.62. The molecule has 0 unspecified atom stereocenters. The Morgan fingerprint density at radius 3 is 2.53 bits per heavy atom. The van der Waals surface area contributed by atoms with Gasteiger partial charge in [-0.05, 0) is 18.1 Å². The maximum absolute atomic E-state index is 5.23. The van der Waals surface area contributed by atoms with Gasteiger partial charge in [0.15, 0.2) is 0 Å². The molecule has 0 spiro atoms. The number of hydrogen-bond donors (Lipinski definition) is 1. The Kier molecular flexibility index (Phi) is 2.64. The van der Waals surface area contributed by atoms with Crippen molar-refractivity contribution in [2.24, 2.45) is 0 Å². The van der Waals surface area contributed by atoms with Crippen molar-refractivity contribution in [1.29, 1.82) is 0 Å². The number of aromatic nitrogens is 4. The van der Waals surface area contributed by atoms with Crippen molar-refractivity contribution in [3.05, 3.63) is 34.9 Å². The van der Waals surface area contributed by atoms with E-state index in [0.717, 1.165) is 5.69 Å². The van der Waals surface area contributed by atoms with Crippen molar-refractivity contribution < 1.29 is 0 Å². The number of H-pyrrole nitrogens is 1. The summed E-state index contributed by atoms with van der Waals surface area (Å²) in [5.74, 6) is 0.992. The van der Waals surface area contributed by atoms with Crippen molar-refractivity contribution in [3.63, 3.8) is 0 Å². The summed E-state index contributed by atoms with van der Waals surface area (Å²) in [6.45, 7) is 4.22. The highest BCUT2D eigenvalue weighted by Crippen LogP contribution is 2.13. The smallest absolute Gasteiger partial charge is 0.249 e. The van der Waals surface area contributed by atoms with Gasteiger partial charge in [-0.2, -0.15) is 0 Å². The third-order valence-electron chi connectivity index (χ3n) is 2.11. The highest BCUT2D eigenvalue weighted by Gasteiger charge is 2.06. The van der Waals surface area contributed by atoms with Crippen LogP contribution in [0.1, 0.15) is 25.5 Å². The Bertz CT molecular complexity index is 498. The first-order valence-corrected chi connectivity index (χ1v) is 5.18. The second kappa shape index (κ2) is 3.94. The van der Waals surface area contributed by atoms with Gasteiger partial charge < -0.3 is 0 Å². The number of aromatic amines is 1. The van der Waals surface area contributed by atoms with Crippen LogP contribution in [0.2, 0.25) is 0 Å². The molecule has 2 rings (SSSR count). The van der Waals surface area contributed by atoms with E-state index in [-0.39, 0.29) is 0 Å². The van der Waals surface area contributed by atoms with Crippen LogP contribution in [0.15, 0.2) is 24.5 Å². The monoisotopic (exact) mass is 220 g/mol. The largest absolute Gasteiger partial charge is 0.294 e. The number of nitrogens with zero attached hydrogens (tertiary/aromatic N) is 3. The Balaban J connectivity index is 2.50. The van der Waals surface area contributed by atoms with Gasteiger partial charge in [0, 0.05) is 18.1 Å². The van der Waals surface area contributed by atoms with E-state index in [0.29, 0.717) is 16.5 Å². The van der Waals surface area contributed by atoms with E-state index in [9.17, 15) is 0 Å². The lowest BCUT2D eigenvalue weighted by Gasteiger charge is -2.01. The first-order valence-electron chi connectivity index (χ1n) is 4.78. The number of rotatable bonds is 2. The fourth-order valence-electron chi connectivity index (χ4n) is 1.27. The highest BCUT2D eigenvalue weighted by molar-refractivity contribution is 7.71. The van der Waals surface area contributed by atoms with Gasteiger partial charge in [-0.25, -0.2) is 14.6 Å². The third-order valence-corrected chi connectivity index (χ3v) is 2.41. The molecule has 2 aromatic heterocycles. The molecular weight excluding hydrogens is 208 g/mol. The average molecular weight is 220 g/mol. The SMILES string of the molecule is CC(C)c1cc(=S)n(-c2ncccn2)[nH]1. The maximum atomic E-state index is 5.23. The summed E-state index contributed by atoms with van der Waals surface area (Å²) in [5.41, 5.74) is 1.09. The van der Waals surface area contributed by atoms with E-state index in [4.69, 9.17) is 12.2 Å². The predicted molar refractivity (Wildman–Crippen MR) is 60.6 cm³/mol. The summed E-state index contributed by atoms with van der Waals surface area (Å²) < 4.78 is 2.41. The molecule has 15 heavy (non-hydrogen) atoms. The van der Waals surface area contributed by atoms with Gasteiger partial charge in [0.05, 0.1) is 0 Å². The third kappa shape index (κ3) is 1.97. The van der Waals surface area contributed by atoms with Gasteiger partial charge >= 0.3 is 0 Å². The van der Waals surface area contributed by atoms with E-state index in [1.165, 1.54) is 0 Å². The zero-order valence-electron chi connectivity index (χ0n) is 8.64. The van der Waals surface area contributed by atoms with Crippen molar-refractivity contribution in [1.82, 2.24) is 19.7 Å². The van der Waals surface area contributed by atoms with Crippen molar-refractivity contribution in [2.45, 2.75) is 19.8 Å². The molecule has 1 N–H and O–H groups in total. The van der Waals surface area contributed by atoms with E-state index in [2.05, 4.69) is 28.9 Å². The lowest BCUT2D eigenvalue weighted by Crippen LogP contribution is -2.02. The molecular formula is C10H12N4S. The minimum Gasteiger partial charge on any atom is -0.294 e. The van der Waals surface area contributed by atoms with E-state index in [1.807, 2.05) is 6.07 Å². The molecule has 4 nitrogen and oxygen atoms in total. The topological polar surface area (TPSA) is 46.5 Å². The molecule has 0 aromatic carbocycles. The molecule has 0 fully saturated rings. The van der Waals surface area contributed by atoms with Gasteiger partial charge in [-0.3, -0.25) is 5.10 Å². The predicted octanol–water partition coefficient (Wildman–Crippen LogP) is 2.45. The first kappa shape index (κ1) is 10.0. The van der Waals surface area contributed by atoms with Gasteiger partial charge in [-0.15, -0.1) is 0 Å². The van der Waals surface area contributed by atoms with Gasteiger partial charge in [0.25, 0.3) is 0 Å². The first-order chi connectivity index (χ1) is 7.18. The summed E-state index contributed by atoms with van der Waals surface area (Å²) in [6, 6.07) is 3.72. The molecule has 78 valence electrons. The lowest BCUT2D eigenvalue weighted by molar-refractivity contribution is 0.738. The molecule has 2 heterocycles. The summed E-state index contributed by atoms with van der Waals surface area (Å²) in [5, 5.41) is 3.18. The molecule has 0 radical (unpaired) electrons. The van der Waals surface area contributed by atoms with Gasteiger partial charge in [0.1, 0.15) is 4.64 Å². The zero-order valence-corrected chi connectivity index (χ0v) is 9.45. The van der Waals surface area contributed by atoms with Crippen molar-refractivity contribution >= 4 is 12.2 Å². The standard InChI is InChI=1S/C10H12N4S/c1-7(2)8-6-9(15)14(13-8)10-11-4-3-5-12-10/h3-7,13H,1-2H3. The molecule has 0 saturated carbocycles. The fraction of sp³-hybridized carbons (Fsp3) is 0.300. The van der Waals surface area contributed by atoms with Crippen LogP contribution in [0.3, 0.4) is 0 Å². The second-order valence-corrected chi connectivity index (χ2v) is 4.01. The van der Waals surface area contributed by atoms with Crippen LogP contribution in [-0.2, 0) is 0 Å². The molecule has 2 aromatic rings. The van der Waals surface area contributed by atoms with Crippen LogP contribution in [0, 0.1) is 4.64 Å². The minimum atomic E-state index is 0.414. The van der Waals surface area contributed by atoms with Crippen LogP contribution in [0.4, 0.5) is 0 Å². The van der Waals surface area contributed by atoms with Crippen LogP contribution in [-0.4, -0.2) is 19.7 Å². The van der Waals surface area contributed by atoms with Crippen molar-refractivity contribution in [3.8, 4) is 5.95 Å². The Morgan fingerprint density at radius 1 is 1.33 bits per heavy atom. The molecule has 0 bridgehead atoms. The van der Waals surface area contributed by atoms with Crippen molar-refractivity contribution in [2.75, 3.05) is 0 Å². The molecule has 0 saturated heterocycles. The summed E-state index contributed by atoms with van der Waals surface area (Å²) >= 11 is 5.23. The Labute approximate surface area is 93.0 Å². The van der Waals surface area contributed by atoms with Crippen LogP contribution >= 0.6 is 12.2 Å². The minimum absolute atomic E-state index is 0.414. The van der Waals surface area contributed by atoms with E-state index < -0.39 is 0 Å². The number of nitrogens with one attached hydrogen (secondary N) is 1. The Hall–Kier alpha value is -1.49. The summed E-state index contributed by atoms with van der Waals surface area (Å²) in [7, 11) is 0. The molecule has 5 heteroatoms. The number of hydrogen-bond acceptors (Lipinski definition) is 3. The second-order valence-electron chi connectivity index (χ2n) is 3.59. The highest BCUT2D eigenvalue weighted by atomic mass is 32.1. The van der Waals surface area contributed by atoms with Crippen LogP contribution < -0.4 is 0 Å². The molecule has 0 atom stereocenters. The quantitative estimate of drug-likeness (QED) is 0.791. The van der Waals surface area contributed by atoms with Gasteiger partial charge in [0.2, 0.25) is 5.95 Å². The van der Waals surface area contributed by atoms with E-state index in [1.54, 1.807) is 23.1 Å². The maximum Gasteiger partial charge on any atom is 0.249 e. The molecule has 0 aliphatic heterocycles. The lowest BCUT2D eigenvalue weighted by atomic mass is 10.1. The zero-order chi connectivity index (χ0) is 10.8. The Morgan fingerprint density at radius 2 is 2.00 bits per heavy atom. The van der Waals surface area contributed by atoms with Crippen LogP contribution in [0.25, 0.3) is 5.95 Å². The normalized spacial score (nSPS) is 10.9. The van der Waals surface area contributed by atoms with Gasteiger partial charge in [-0.1, -0.05) is 26.1 Å². The molecule has 0 aliphatic rings. The summed E-state index contributed by atoms with van der Waals surface area (Å²) in [6.07, 6.45) is 3.39. The van der Waals surface area contributed by atoms with E-state index >= 15 is 0 Å². The van der Waals surface area contributed by atoms with Crippen LogP contribution in [0.5, 0.6) is 0 Å². The molecule has 0 aliphatic carbocycles. The fourth-order valence-corrected chi connectivity index (χ4v) is 1.52. The summed E-state index contributed by atoms with van der Waals surface area (Å²) in [4.78, 5) is 8.27. The molecule has 0 amide bonds.